The molecule has 0 saturated carbocycles. The first-order valence-electron chi connectivity index (χ1n) is 10.1. The van der Waals surface area contributed by atoms with E-state index in [1.807, 2.05) is 45.2 Å². The van der Waals surface area contributed by atoms with Crippen LogP contribution in [0.25, 0.3) is 0 Å². The van der Waals surface area contributed by atoms with Crippen molar-refractivity contribution in [2.75, 3.05) is 26.0 Å². The third-order valence-corrected chi connectivity index (χ3v) is 7.05. The van der Waals surface area contributed by atoms with Crippen LogP contribution in [0.5, 0.6) is 0 Å². The summed E-state index contributed by atoms with van der Waals surface area (Å²) in [6, 6.07) is 10.8. The van der Waals surface area contributed by atoms with Gasteiger partial charge in [0.15, 0.2) is 6.04 Å². The van der Waals surface area contributed by atoms with Crippen LogP contribution in [-0.2, 0) is 15.1 Å². The van der Waals surface area contributed by atoms with Gasteiger partial charge in [0.1, 0.15) is 12.6 Å². The lowest BCUT2D eigenvalue weighted by Crippen LogP contribution is -2.68. The van der Waals surface area contributed by atoms with Crippen molar-refractivity contribution in [1.29, 1.82) is 0 Å². The van der Waals surface area contributed by atoms with E-state index in [9.17, 15) is 14.7 Å². The summed E-state index contributed by atoms with van der Waals surface area (Å²) in [5.41, 5.74) is 2.99. The molecule has 1 fully saturated rings. The van der Waals surface area contributed by atoms with Crippen molar-refractivity contribution < 1.29 is 19.2 Å². The summed E-state index contributed by atoms with van der Waals surface area (Å²) in [5.74, 6) is -0.402. The minimum atomic E-state index is -1.22. The molecule has 3 N–H and O–H groups in total. The number of carbonyl (C=O) groups is 2. The molecule has 30 heavy (non-hydrogen) atoms. The molecule has 1 saturated heterocycles. The molecule has 0 radical (unpaired) electrons. The van der Waals surface area contributed by atoms with Crippen molar-refractivity contribution in [1.82, 2.24) is 5.32 Å². The van der Waals surface area contributed by atoms with Gasteiger partial charge in [0.25, 0.3) is 11.8 Å². The highest BCUT2D eigenvalue weighted by Gasteiger charge is 2.68. The number of nitrogens with zero attached hydrogens (tertiary/aromatic N) is 1. The molecule has 2 aliphatic rings. The largest absolute Gasteiger partial charge is 0.387 e. The lowest BCUT2D eigenvalue weighted by Gasteiger charge is -2.48. The van der Waals surface area contributed by atoms with Crippen LogP contribution in [0.4, 0.5) is 5.69 Å². The molecule has 0 bridgehead atoms. The lowest BCUT2D eigenvalue weighted by molar-refractivity contribution is -0.953. The van der Waals surface area contributed by atoms with Crippen LogP contribution < -0.4 is 10.6 Å². The van der Waals surface area contributed by atoms with Crippen molar-refractivity contribution >= 4 is 29.1 Å². The molecular formula is C23H27ClN3O3+. The van der Waals surface area contributed by atoms with Gasteiger partial charge in [-0.25, -0.2) is 0 Å². The maximum Gasteiger partial charge on any atom is 0.295 e. The van der Waals surface area contributed by atoms with Gasteiger partial charge in [0.05, 0.1) is 18.3 Å². The minimum Gasteiger partial charge on any atom is -0.387 e. The number of rotatable bonds is 3. The molecule has 4 rings (SSSR count). The number of hydrogen-bond acceptors (Lipinski definition) is 3. The van der Waals surface area contributed by atoms with E-state index in [0.717, 1.165) is 22.3 Å². The second-order valence-electron chi connectivity index (χ2n) is 8.64. The Bertz CT molecular complexity index is 1060. The summed E-state index contributed by atoms with van der Waals surface area (Å²) in [5, 5.41) is 16.9. The average Bonchev–Trinajstić information content (AvgIpc) is 3.17. The standard InChI is InChI=1S/C23H26ClN3O3/c1-13-5-6-14(2)17(9-13)23(18-10-15(24)7-8-19(18)26-22(23)30)27(4)12-16(28)11-20(27)21(29)25-3/h5-10,16,20,28H,11-12H2,1-4H3,(H-,25,26,29,30)/p+1/t16-,20+,23?,27?/m1/s1. The molecule has 2 aromatic carbocycles. The van der Waals surface area contributed by atoms with Gasteiger partial charge >= 0.3 is 0 Å². The Morgan fingerprint density at radius 1 is 1.23 bits per heavy atom. The number of carbonyl (C=O) groups excluding carboxylic acids is 2. The van der Waals surface area contributed by atoms with Crippen molar-refractivity contribution in [3.63, 3.8) is 0 Å². The van der Waals surface area contributed by atoms with Crippen LogP contribution in [0.2, 0.25) is 5.02 Å². The number of quaternary nitrogens is 1. The molecule has 2 heterocycles. The van der Waals surface area contributed by atoms with E-state index in [4.69, 9.17) is 11.6 Å². The average molecular weight is 429 g/mol. The molecule has 0 aromatic heterocycles. The molecule has 2 amide bonds. The van der Waals surface area contributed by atoms with Gasteiger partial charge < -0.3 is 15.7 Å². The smallest absolute Gasteiger partial charge is 0.295 e. The predicted molar refractivity (Wildman–Crippen MR) is 116 cm³/mol. The third kappa shape index (κ3) is 2.71. The molecular weight excluding hydrogens is 402 g/mol. The van der Waals surface area contributed by atoms with E-state index >= 15 is 0 Å². The maximum absolute atomic E-state index is 13.9. The number of benzene rings is 2. The Hall–Kier alpha value is -2.41. The number of nitrogens with one attached hydrogen (secondary N) is 2. The predicted octanol–water partition coefficient (Wildman–Crippen LogP) is 2.48. The molecule has 7 heteroatoms. The van der Waals surface area contributed by atoms with Gasteiger partial charge in [-0.3, -0.25) is 14.1 Å². The number of anilines is 1. The normalized spacial score (nSPS) is 30.1. The first kappa shape index (κ1) is 20.8. The number of hydrogen-bond donors (Lipinski definition) is 3. The number of aliphatic hydroxyl groups excluding tert-OH is 1. The molecule has 2 aliphatic heterocycles. The van der Waals surface area contributed by atoms with Crippen LogP contribution >= 0.6 is 11.6 Å². The molecule has 0 spiro atoms. The summed E-state index contributed by atoms with van der Waals surface area (Å²) in [4.78, 5) is 26.8. The summed E-state index contributed by atoms with van der Waals surface area (Å²) in [7, 11) is 3.48. The molecule has 6 nitrogen and oxygen atoms in total. The van der Waals surface area contributed by atoms with Crippen molar-refractivity contribution in [2.24, 2.45) is 0 Å². The van der Waals surface area contributed by atoms with Crippen LogP contribution in [0.1, 0.15) is 28.7 Å². The van der Waals surface area contributed by atoms with E-state index in [2.05, 4.69) is 10.6 Å². The monoisotopic (exact) mass is 428 g/mol. The summed E-state index contributed by atoms with van der Waals surface area (Å²) in [6.07, 6.45) is -0.415. The van der Waals surface area contributed by atoms with Gasteiger partial charge in [-0.1, -0.05) is 29.3 Å². The zero-order valence-corrected chi connectivity index (χ0v) is 18.4. The highest BCUT2D eigenvalue weighted by atomic mass is 35.5. The number of aryl methyl sites for hydroxylation is 2. The topological polar surface area (TPSA) is 78.4 Å². The fraction of sp³-hybridized carbons (Fsp3) is 0.391. The first-order valence-corrected chi connectivity index (χ1v) is 10.5. The second kappa shape index (κ2) is 7.08. The van der Waals surface area contributed by atoms with Crippen molar-refractivity contribution in [3.05, 3.63) is 63.7 Å². The Morgan fingerprint density at radius 2 is 1.97 bits per heavy atom. The number of aliphatic hydroxyl groups is 1. The van der Waals surface area contributed by atoms with Gasteiger partial charge in [-0.15, -0.1) is 0 Å². The number of likely N-dealkylation sites (N-methyl/N-ethyl adjacent to an activating group) is 2. The van der Waals surface area contributed by atoms with E-state index in [0.29, 0.717) is 10.7 Å². The van der Waals surface area contributed by atoms with Crippen LogP contribution in [-0.4, -0.2) is 54.2 Å². The zero-order valence-electron chi connectivity index (χ0n) is 17.6. The number of fused-ring (bicyclic) bond motifs is 1. The Labute approximate surface area is 181 Å². The van der Waals surface area contributed by atoms with Gasteiger partial charge in [-0.05, 0) is 43.7 Å². The van der Waals surface area contributed by atoms with Gasteiger partial charge in [0.2, 0.25) is 5.54 Å². The Balaban J connectivity index is 2.12. The number of amides is 2. The fourth-order valence-electron chi connectivity index (χ4n) is 5.47. The molecule has 2 unspecified atom stereocenters. The summed E-state index contributed by atoms with van der Waals surface area (Å²) in [6.45, 7) is 4.22. The molecule has 158 valence electrons. The quantitative estimate of drug-likeness (QED) is 0.657. The van der Waals surface area contributed by atoms with E-state index < -0.39 is 17.7 Å². The SMILES string of the molecule is CNC(=O)[C@@H]1C[C@@H](O)C[N+]1(C)C1(c2cc(C)ccc2C)C(=O)Nc2ccc(Cl)cc21. The van der Waals surface area contributed by atoms with E-state index in [1.165, 1.54) is 0 Å². The Morgan fingerprint density at radius 3 is 2.67 bits per heavy atom. The lowest BCUT2D eigenvalue weighted by atomic mass is 9.77. The van der Waals surface area contributed by atoms with Crippen LogP contribution in [0.3, 0.4) is 0 Å². The van der Waals surface area contributed by atoms with Gasteiger partial charge in [-0.2, -0.15) is 0 Å². The minimum absolute atomic E-state index is 0.0390. The first-order chi connectivity index (χ1) is 14.1. The highest BCUT2D eigenvalue weighted by molar-refractivity contribution is 6.31. The maximum atomic E-state index is 13.9. The third-order valence-electron chi connectivity index (χ3n) is 6.82. The number of likely N-dealkylation sites (tertiary alicyclic amines) is 1. The molecule has 2 aromatic rings. The van der Waals surface area contributed by atoms with Crippen molar-refractivity contribution in [3.8, 4) is 0 Å². The Kier molecular flexibility index (Phi) is 4.92. The van der Waals surface area contributed by atoms with E-state index in [1.54, 1.807) is 19.2 Å². The van der Waals surface area contributed by atoms with Crippen LogP contribution in [0, 0.1) is 13.8 Å². The van der Waals surface area contributed by atoms with E-state index in [-0.39, 0.29) is 29.3 Å². The zero-order chi connectivity index (χ0) is 21.8. The van der Waals surface area contributed by atoms with Crippen LogP contribution in [0.15, 0.2) is 36.4 Å². The summed E-state index contributed by atoms with van der Waals surface area (Å²) < 4.78 is 0.0390. The highest BCUT2D eigenvalue weighted by Crippen LogP contribution is 2.53. The second-order valence-corrected chi connectivity index (χ2v) is 9.08. The summed E-state index contributed by atoms with van der Waals surface area (Å²) >= 11 is 6.39. The number of halogens is 1. The van der Waals surface area contributed by atoms with Crippen molar-refractivity contribution in [2.45, 2.75) is 38.0 Å². The van der Waals surface area contributed by atoms with Gasteiger partial charge in [0, 0.05) is 24.1 Å². The molecule has 4 atom stereocenters. The molecule has 0 aliphatic carbocycles. The fourth-order valence-corrected chi connectivity index (χ4v) is 5.64.